The smallest absolute Gasteiger partial charge is 0.408 e. The maximum Gasteiger partial charge on any atom is 0.408 e. The van der Waals surface area contributed by atoms with Crippen molar-refractivity contribution in [3.63, 3.8) is 0 Å². The van der Waals surface area contributed by atoms with Crippen molar-refractivity contribution in [1.29, 1.82) is 5.26 Å². The lowest BCUT2D eigenvalue weighted by molar-refractivity contribution is -0.135. The van der Waals surface area contributed by atoms with Crippen LogP contribution in [-0.4, -0.2) is 77.1 Å². The van der Waals surface area contributed by atoms with E-state index in [0.29, 0.717) is 19.5 Å². The molecule has 0 spiro atoms. The van der Waals surface area contributed by atoms with Crippen molar-refractivity contribution in [2.75, 3.05) is 19.6 Å². The molecule has 0 aromatic rings. The number of carbonyl (C=O) groups excluding carboxylic acids is 3. The van der Waals surface area contributed by atoms with Gasteiger partial charge in [-0.1, -0.05) is 0 Å². The van der Waals surface area contributed by atoms with Crippen LogP contribution in [-0.2, 0) is 14.3 Å². The Bertz CT molecular complexity index is 668. The normalized spacial score (nSPS) is 28.6. The lowest BCUT2D eigenvalue weighted by Crippen LogP contribution is -2.58. The topological polar surface area (TPSA) is 115 Å². The first kappa shape index (κ1) is 19.4. The first-order valence-corrected chi connectivity index (χ1v) is 9.42. The van der Waals surface area contributed by atoms with Crippen LogP contribution in [0.15, 0.2) is 0 Å². The van der Waals surface area contributed by atoms with Crippen molar-refractivity contribution in [2.24, 2.45) is 0 Å². The summed E-state index contributed by atoms with van der Waals surface area (Å²) in [6, 6.07) is 0.647. The average molecular weight is 377 g/mol. The fourth-order valence-corrected chi connectivity index (χ4v) is 4.01. The number of ether oxygens (including phenoxy) is 1. The van der Waals surface area contributed by atoms with E-state index in [0.717, 1.165) is 12.8 Å². The fourth-order valence-electron chi connectivity index (χ4n) is 4.01. The molecule has 3 aliphatic heterocycles. The van der Waals surface area contributed by atoms with E-state index in [-0.39, 0.29) is 30.4 Å². The molecule has 3 amide bonds. The van der Waals surface area contributed by atoms with Crippen molar-refractivity contribution in [2.45, 2.75) is 69.8 Å². The number of piperazine rings is 1. The molecule has 27 heavy (non-hydrogen) atoms. The molecule has 3 unspecified atom stereocenters. The molecule has 2 N–H and O–H groups in total. The van der Waals surface area contributed by atoms with E-state index < -0.39 is 23.8 Å². The molecule has 3 fully saturated rings. The van der Waals surface area contributed by atoms with Crippen molar-refractivity contribution >= 4 is 17.9 Å². The van der Waals surface area contributed by atoms with Crippen molar-refractivity contribution in [1.82, 2.24) is 20.4 Å². The summed E-state index contributed by atoms with van der Waals surface area (Å²) in [6.07, 6.45) is 1.44. The summed E-state index contributed by atoms with van der Waals surface area (Å²) < 4.78 is 5.30. The summed E-state index contributed by atoms with van der Waals surface area (Å²) in [6.45, 7) is 6.62. The number of amides is 3. The van der Waals surface area contributed by atoms with Crippen LogP contribution < -0.4 is 10.6 Å². The largest absolute Gasteiger partial charge is 0.444 e. The van der Waals surface area contributed by atoms with Crippen LogP contribution in [0.5, 0.6) is 0 Å². The number of hydrogen-bond acceptors (Lipinski definition) is 6. The highest BCUT2D eigenvalue weighted by molar-refractivity contribution is 5.88. The highest BCUT2D eigenvalue weighted by atomic mass is 16.6. The van der Waals surface area contributed by atoms with E-state index in [1.165, 1.54) is 4.90 Å². The Morgan fingerprint density at radius 2 is 2.19 bits per heavy atom. The Morgan fingerprint density at radius 1 is 1.44 bits per heavy atom. The molecule has 2 bridgehead atoms. The number of nitriles is 1. The van der Waals surface area contributed by atoms with E-state index in [1.54, 1.807) is 20.8 Å². The van der Waals surface area contributed by atoms with Gasteiger partial charge in [0.2, 0.25) is 11.8 Å². The Kier molecular flexibility index (Phi) is 5.29. The van der Waals surface area contributed by atoms with Gasteiger partial charge in [0.25, 0.3) is 0 Å². The van der Waals surface area contributed by atoms with E-state index >= 15 is 0 Å². The summed E-state index contributed by atoms with van der Waals surface area (Å²) in [5.41, 5.74) is -0.687. The van der Waals surface area contributed by atoms with Gasteiger partial charge in [-0.15, -0.1) is 0 Å². The second-order valence-corrected chi connectivity index (χ2v) is 8.43. The second kappa shape index (κ2) is 7.35. The van der Waals surface area contributed by atoms with Crippen molar-refractivity contribution in [3.8, 4) is 6.07 Å². The Balaban J connectivity index is 1.72. The standard InChI is InChI=1S/C18H27N5O4/c1-18(2,3)27-17(26)21-13(16(25)23-6-4-5-12(23)8-19)10-22-9-11-7-14(22)15(24)20-11/h11-14H,4-7,9-10H2,1-3H3,(H,20,24)(H,21,26)/t11-,12?,13?,14?/m0/s1. The molecule has 0 radical (unpaired) electrons. The van der Waals surface area contributed by atoms with Crippen LogP contribution >= 0.6 is 0 Å². The maximum atomic E-state index is 13.1. The number of carbonyl (C=O) groups is 3. The number of rotatable bonds is 4. The van der Waals surface area contributed by atoms with Gasteiger partial charge < -0.3 is 20.3 Å². The summed E-state index contributed by atoms with van der Waals surface area (Å²) in [5, 5.41) is 14.8. The summed E-state index contributed by atoms with van der Waals surface area (Å²) in [4.78, 5) is 40.8. The molecule has 0 saturated carbocycles. The first-order chi connectivity index (χ1) is 12.7. The number of alkyl carbamates (subject to hydrolysis) is 1. The van der Waals surface area contributed by atoms with Crippen LogP contribution in [0.1, 0.15) is 40.0 Å². The average Bonchev–Trinajstić information content (AvgIpc) is 3.25. The van der Waals surface area contributed by atoms with Crippen LogP contribution in [0, 0.1) is 11.3 Å². The van der Waals surface area contributed by atoms with Gasteiger partial charge in [0.1, 0.15) is 17.7 Å². The van der Waals surface area contributed by atoms with Crippen molar-refractivity contribution in [3.05, 3.63) is 0 Å². The van der Waals surface area contributed by atoms with Gasteiger partial charge in [0, 0.05) is 25.7 Å². The highest BCUT2D eigenvalue weighted by Gasteiger charge is 2.46. The summed E-state index contributed by atoms with van der Waals surface area (Å²) >= 11 is 0. The zero-order valence-corrected chi connectivity index (χ0v) is 16.0. The molecule has 0 aliphatic carbocycles. The lowest BCUT2D eigenvalue weighted by Gasteiger charge is -2.33. The third-order valence-electron chi connectivity index (χ3n) is 5.14. The predicted molar refractivity (Wildman–Crippen MR) is 95.4 cm³/mol. The molecule has 4 atom stereocenters. The van der Waals surface area contributed by atoms with E-state index in [1.807, 2.05) is 4.90 Å². The molecule has 3 heterocycles. The van der Waals surface area contributed by atoms with Crippen molar-refractivity contribution < 1.29 is 19.1 Å². The zero-order valence-electron chi connectivity index (χ0n) is 16.0. The van der Waals surface area contributed by atoms with Crippen LogP contribution in [0.2, 0.25) is 0 Å². The molecular formula is C18H27N5O4. The summed E-state index contributed by atoms with van der Waals surface area (Å²) in [7, 11) is 0. The van der Waals surface area contributed by atoms with Gasteiger partial charge in [0.15, 0.2) is 0 Å². The highest BCUT2D eigenvalue weighted by Crippen LogP contribution is 2.25. The van der Waals surface area contributed by atoms with Gasteiger partial charge in [-0.3, -0.25) is 14.5 Å². The zero-order chi connectivity index (χ0) is 19.8. The lowest BCUT2D eigenvalue weighted by atomic mass is 10.1. The van der Waals surface area contributed by atoms with E-state index in [2.05, 4.69) is 16.7 Å². The molecule has 0 aromatic carbocycles. The number of hydrogen-bond donors (Lipinski definition) is 2. The minimum absolute atomic E-state index is 0.0363. The number of nitrogens with zero attached hydrogens (tertiary/aromatic N) is 3. The minimum Gasteiger partial charge on any atom is -0.444 e. The predicted octanol–water partition coefficient (Wildman–Crippen LogP) is -0.0330. The Labute approximate surface area is 159 Å². The third kappa shape index (κ3) is 4.33. The van der Waals surface area contributed by atoms with Gasteiger partial charge in [0.05, 0.1) is 12.1 Å². The monoisotopic (exact) mass is 377 g/mol. The van der Waals surface area contributed by atoms with Crippen LogP contribution in [0.3, 0.4) is 0 Å². The number of nitrogens with one attached hydrogen (secondary N) is 2. The molecule has 9 heteroatoms. The molecule has 3 saturated heterocycles. The van der Waals surface area contributed by atoms with E-state index in [9.17, 15) is 19.6 Å². The molecule has 3 rings (SSSR count). The Hall–Kier alpha value is -2.34. The Morgan fingerprint density at radius 3 is 2.78 bits per heavy atom. The fraction of sp³-hybridized carbons (Fsp3) is 0.778. The summed E-state index contributed by atoms with van der Waals surface area (Å²) in [5.74, 6) is -0.334. The molecule has 0 aromatic heterocycles. The minimum atomic E-state index is -0.860. The quantitative estimate of drug-likeness (QED) is 0.711. The molecule has 3 aliphatic rings. The van der Waals surface area contributed by atoms with Gasteiger partial charge in [-0.2, -0.15) is 5.26 Å². The molecule has 148 valence electrons. The van der Waals surface area contributed by atoms with Gasteiger partial charge in [-0.05, 0) is 40.0 Å². The van der Waals surface area contributed by atoms with Gasteiger partial charge >= 0.3 is 6.09 Å². The SMILES string of the molecule is CC(C)(C)OC(=O)NC(CN1C[C@@H]2CC1C(=O)N2)C(=O)N1CCCC1C#N. The first-order valence-electron chi connectivity index (χ1n) is 9.42. The second-order valence-electron chi connectivity index (χ2n) is 8.43. The van der Waals surface area contributed by atoms with E-state index in [4.69, 9.17) is 4.74 Å². The third-order valence-corrected chi connectivity index (χ3v) is 5.14. The molecular weight excluding hydrogens is 350 g/mol. The number of likely N-dealkylation sites (tertiary alicyclic amines) is 2. The number of fused-ring (bicyclic) bond motifs is 2. The van der Waals surface area contributed by atoms with Crippen LogP contribution in [0.25, 0.3) is 0 Å². The maximum absolute atomic E-state index is 13.1. The van der Waals surface area contributed by atoms with Crippen LogP contribution in [0.4, 0.5) is 4.79 Å². The van der Waals surface area contributed by atoms with Gasteiger partial charge in [-0.25, -0.2) is 4.79 Å². The molecule has 9 nitrogen and oxygen atoms in total.